The number of hydrogen-bond donors (Lipinski definition) is 4. The molecule has 1 aliphatic carbocycles. The van der Waals surface area contributed by atoms with Crippen LogP contribution in [0.3, 0.4) is 0 Å². The lowest BCUT2D eigenvalue weighted by Gasteiger charge is -2.19. The third-order valence-corrected chi connectivity index (χ3v) is 7.65. The minimum absolute atomic E-state index is 0.00943. The molecule has 0 radical (unpaired) electrons. The molecule has 0 aliphatic heterocycles. The van der Waals surface area contributed by atoms with Crippen LogP contribution in [-0.2, 0) is 21.0 Å². The number of nitrogens with two attached hydrogens (primary N) is 1. The van der Waals surface area contributed by atoms with E-state index in [0.717, 1.165) is 0 Å². The quantitative estimate of drug-likeness (QED) is 0.195. The van der Waals surface area contributed by atoms with Crippen LogP contribution in [-0.4, -0.2) is 70.9 Å². The van der Waals surface area contributed by atoms with E-state index in [-0.39, 0.29) is 35.7 Å². The third-order valence-electron chi connectivity index (χ3n) is 7.18. The van der Waals surface area contributed by atoms with E-state index < -0.39 is 58.5 Å². The van der Waals surface area contributed by atoms with Crippen molar-refractivity contribution in [3.8, 4) is 5.75 Å². The number of aliphatic hydroxyl groups excluding tert-OH is 2. The summed E-state index contributed by atoms with van der Waals surface area (Å²) in [5, 5.41) is 29.1. The summed E-state index contributed by atoms with van der Waals surface area (Å²) in [6, 6.07) is 7.57. The molecule has 0 saturated heterocycles. The first-order valence-corrected chi connectivity index (χ1v) is 14.2. The molecule has 0 unspecified atom stereocenters. The number of benzene rings is 2. The Labute approximate surface area is 239 Å². The number of carbonyl (C=O) groups excluding carboxylic acids is 1. The number of anilines is 1. The van der Waals surface area contributed by atoms with Crippen molar-refractivity contribution in [2.75, 3.05) is 19.0 Å². The number of methoxy groups -OCH3 is 1. The van der Waals surface area contributed by atoms with Gasteiger partial charge in [-0.05, 0) is 42.3 Å². The van der Waals surface area contributed by atoms with Crippen LogP contribution >= 0.6 is 0 Å². The number of fused-ring (bicyclic) bond motifs is 1. The van der Waals surface area contributed by atoms with E-state index in [1.807, 2.05) is 0 Å². The topological polar surface area (TPSA) is 179 Å². The van der Waals surface area contributed by atoms with E-state index in [0.29, 0.717) is 16.5 Å². The molecule has 2 aromatic carbocycles. The minimum Gasteiger partial charge on any atom is -0.494 e. The lowest BCUT2D eigenvalue weighted by atomic mass is 10.0. The summed E-state index contributed by atoms with van der Waals surface area (Å²) in [4.78, 5) is 22.0. The molecule has 4 atom stereocenters. The molecule has 1 saturated carbocycles. The van der Waals surface area contributed by atoms with E-state index in [1.54, 1.807) is 16.8 Å². The molecule has 15 heteroatoms. The van der Waals surface area contributed by atoms with E-state index in [4.69, 9.17) is 9.88 Å². The van der Waals surface area contributed by atoms with E-state index in [9.17, 15) is 32.2 Å². The van der Waals surface area contributed by atoms with Crippen molar-refractivity contribution in [2.45, 2.75) is 31.2 Å². The summed E-state index contributed by atoms with van der Waals surface area (Å²) < 4.78 is 62.0. The molecule has 4 aromatic rings. The Hall–Kier alpha value is -4.02. The first-order valence-electron chi connectivity index (χ1n) is 12.7. The fourth-order valence-corrected chi connectivity index (χ4v) is 5.49. The normalized spacial score (nSPS) is 20.6. The second-order valence-electron chi connectivity index (χ2n) is 9.92. The van der Waals surface area contributed by atoms with Crippen molar-refractivity contribution in [1.82, 2.24) is 14.5 Å². The highest BCUT2D eigenvalue weighted by atomic mass is 32.2. The van der Waals surface area contributed by atoms with Crippen LogP contribution in [0.1, 0.15) is 27.9 Å². The Balaban J connectivity index is 1.45. The van der Waals surface area contributed by atoms with Gasteiger partial charge in [-0.1, -0.05) is 6.07 Å². The SMILES string of the molecule is COc1cc(Cn2cc(C(=O)c3cncnc3N[C@@H]3C[C@H](COS(N)(=O)=O)[C@@H](O)[C@H]3O)c3cc(F)ccc32)ccc1F. The standard InChI is InChI=1S/C27H27F2N5O7S/c1-40-23-6-14(2-4-20(23)29)10-34-11-19(17-8-16(28)3-5-22(17)34)25(36)18-9-31-13-32-27(18)33-21-7-15(24(35)26(21)37)12-41-42(30,38)39/h2-6,8-9,11,13,15,21,24,26,35,37H,7,10,12H2,1H3,(H2,30,38,39)(H,31,32,33)/t15-,21-,24-,26+/m1/s1. The second-order valence-corrected chi connectivity index (χ2v) is 11.1. The highest BCUT2D eigenvalue weighted by molar-refractivity contribution is 7.84. The Morgan fingerprint density at radius 2 is 1.95 bits per heavy atom. The van der Waals surface area contributed by atoms with E-state index in [2.05, 4.69) is 19.5 Å². The maximum absolute atomic E-state index is 14.3. The number of hydrogen-bond acceptors (Lipinski definition) is 10. The molecule has 2 heterocycles. The van der Waals surface area contributed by atoms with Crippen molar-refractivity contribution < 1.29 is 41.1 Å². The first kappa shape index (κ1) is 29.5. The van der Waals surface area contributed by atoms with Crippen LogP contribution in [0.2, 0.25) is 0 Å². The number of ketones is 1. The van der Waals surface area contributed by atoms with Crippen LogP contribution in [0.4, 0.5) is 14.6 Å². The first-order chi connectivity index (χ1) is 19.9. The van der Waals surface area contributed by atoms with Crippen LogP contribution < -0.4 is 15.2 Å². The average molecular weight is 604 g/mol. The lowest BCUT2D eigenvalue weighted by Crippen LogP contribution is -2.36. The van der Waals surface area contributed by atoms with Gasteiger partial charge in [0.15, 0.2) is 17.3 Å². The summed E-state index contributed by atoms with van der Waals surface area (Å²) in [6.07, 6.45) is 1.39. The predicted octanol–water partition coefficient (Wildman–Crippen LogP) is 1.74. The van der Waals surface area contributed by atoms with Gasteiger partial charge < -0.3 is 24.8 Å². The predicted molar refractivity (Wildman–Crippen MR) is 146 cm³/mol. The Morgan fingerprint density at radius 3 is 2.69 bits per heavy atom. The van der Waals surface area contributed by atoms with Gasteiger partial charge in [0.05, 0.1) is 31.4 Å². The Bertz CT molecular complexity index is 1750. The fourth-order valence-electron chi connectivity index (χ4n) is 5.13. The van der Waals surface area contributed by atoms with Crippen molar-refractivity contribution in [3.05, 3.63) is 83.4 Å². The van der Waals surface area contributed by atoms with Crippen molar-refractivity contribution in [3.63, 3.8) is 0 Å². The molecule has 0 spiro atoms. The van der Waals surface area contributed by atoms with Crippen LogP contribution in [0.25, 0.3) is 10.9 Å². The summed E-state index contributed by atoms with van der Waals surface area (Å²) in [5.74, 6) is -2.31. The maximum Gasteiger partial charge on any atom is 0.333 e. The summed E-state index contributed by atoms with van der Waals surface area (Å²) in [6.45, 7) is -0.230. The lowest BCUT2D eigenvalue weighted by molar-refractivity contribution is 0.00778. The zero-order valence-corrected chi connectivity index (χ0v) is 23.0. The third kappa shape index (κ3) is 6.10. The van der Waals surface area contributed by atoms with Gasteiger partial charge in [-0.25, -0.2) is 23.9 Å². The summed E-state index contributed by atoms with van der Waals surface area (Å²) in [5.41, 5.74) is 1.37. The Kier molecular flexibility index (Phi) is 8.21. The number of halogens is 2. The summed E-state index contributed by atoms with van der Waals surface area (Å²) in [7, 11) is -2.90. The molecule has 5 rings (SSSR count). The van der Waals surface area contributed by atoms with Crippen LogP contribution in [0.5, 0.6) is 5.75 Å². The number of nitrogens with one attached hydrogen (secondary N) is 1. The highest BCUT2D eigenvalue weighted by Gasteiger charge is 2.42. The zero-order chi connectivity index (χ0) is 30.2. The smallest absolute Gasteiger partial charge is 0.333 e. The molecule has 12 nitrogen and oxygen atoms in total. The van der Waals surface area contributed by atoms with Gasteiger partial charge in [-0.3, -0.25) is 8.98 Å². The van der Waals surface area contributed by atoms with Gasteiger partial charge in [0.1, 0.15) is 24.1 Å². The monoisotopic (exact) mass is 603 g/mol. The molecular formula is C27H27F2N5O7S. The molecule has 1 aliphatic rings. The average Bonchev–Trinajstić information content (AvgIpc) is 3.44. The molecular weight excluding hydrogens is 576 g/mol. The van der Waals surface area contributed by atoms with Gasteiger partial charge in [0, 0.05) is 41.3 Å². The van der Waals surface area contributed by atoms with E-state index in [1.165, 1.54) is 50.0 Å². The van der Waals surface area contributed by atoms with Crippen molar-refractivity contribution >= 4 is 32.8 Å². The van der Waals surface area contributed by atoms with Crippen LogP contribution in [0, 0.1) is 17.6 Å². The van der Waals surface area contributed by atoms with Crippen LogP contribution in [0.15, 0.2) is 55.1 Å². The molecule has 0 bridgehead atoms. The molecule has 1 fully saturated rings. The largest absolute Gasteiger partial charge is 0.494 e. The highest BCUT2D eigenvalue weighted by Crippen LogP contribution is 2.32. The van der Waals surface area contributed by atoms with Gasteiger partial charge in [0.25, 0.3) is 0 Å². The van der Waals surface area contributed by atoms with Gasteiger partial charge >= 0.3 is 10.3 Å². The van der Waals surface area contributed by atoms with E-state index >= 15 is 0 Å². The Morgan fingerprint density at radius 1 is 1.17 bits per heavy atom. The second kappa shape index (κ2) is 11.7. The maximum atomic E-state index is 14.3. The molecule has 42 heavy (non-hydrogen) atoms. The van der Waals surface area contributed by atoms with Gasteiger partial charge in [-0.2, -0.15) is 8.42 Å². The number of aromatic nitrogens is 3. The molecule has 5 N–H and O–H groups in total. The van der Waals surface area contributed by atoms with Gasteiger partial charge in [0.2, 0.25) is 0 Å². The number of carbonyl (C=O) groups is 1. The zero-order valence-electron chi connectivity index (χ0n) is 22.1. The number of rotatable bonds is 10. The van der Waals surface area contributed by atoms with Crippen molar-refractivity contribution in [2.24, 2.45) is 11.1 Å². The number of nitrogens with zero attached hydrogens (tertiary/aromatic N) is 3. The fraction of sp³-hybridized carbons (Fsp3) is 0.296. The molecule has 2 aromatic heterocycles. The number of aliphatic hydroxyl groups is 2. The number of ether oxygens (including phenoxy) is 1. The summed E-state index contributed by atoms with van der Waals surface area (Å²) >= 11 is 0. The minimum atomic E-state index is -4.25. The molecule has 222 valence electrons. The van der Waals surface area contributed by atoms with Crippen molar-refractivity contribution in [1.29, 1.82) is 0 Å². The molecule has 0 amide bonds. The van der Waals surface area contributed by atoms with Gasteiger partial charge in [-0.15, -0.1) is 0 Å².